The van der Waals surface area contributed by atoms with E-state index in [0.717, 1.165) is 24.2 Å². The second-order valence-electron chi connectivity index (χ2n) is 8.88. The number of benzene rings is 2. The maximum atomic E-state index is 12.9. The van der Waals surface area contributed by atoms with Crippen LogP contribution in [0.25, 0.3) is 0 Å². The molecule has 3 amide bonds. The number of carbonyl (C=O) groups is 4. The topological polar surface area (TPSA) is 126 Å². The molecule has 9 heteroatoms. The molecule has 1 aliphatic carbocycles. The SMILES string of the molecule is CCOc1ccc(CN2C(=O)c3ccccc3C2=O)cc1C(=O)OCC(=O)NC1(C#N)CCCCC1. The maximum Gasteiger partial charge on any atom is 0.342 e. The minimum atomic E-state index is -0.926. The number of amides is 3. The Morgan fingerprint density at radius 3 is 2.33 bits per heavy atom. The molecule has 2 aromatic rings. The highest BCUT2D eigenvalue weighted by atomic mass is 16.5. The quantitative estimate of drug-likeness (QED) is 0.445. The van der Waals surface area contributed by atoms with Crippen molar-refractivity contribution in [3.8, 4) is 11.8 Å². The van der Waals surface area contributed by atoms with Crippen molar-refractivity contribution in [1.82, 2.24) is 10.2 Å². The van der Waals surface area contributed by atoms with Gasteiger partial charge in [-0.25, -0.2) is 4.79 Å². The van der Waals surface area contributed by atoms with Crippen molar-refractivity contribution >= 4 is 23.7 Å². The number of rotatable bonds is 8. The van der Waals surface area contributed by atoms with Gasteiger partial charge in [0.05, 0.1) is 30.3 Å². The lowest BCUT2D eigenvalue weighted by Crippen LogP contribution is -2.50. The van der Waals surface area contributed by atoms with Crippen LogP contribution in [0.4, 0.5) is 0 Å². The second-order valence-corrected chi connectivity index (χ2v) is 8.88. The first-order valence-electron chi connectivity index (χ1n) is 12.0. The molecule has 2 aliphatic rings. The van der Waals surface area contributed by atoms with Crippen LogP contribution in [0.15, 0.2) is 42.5 Å². The van der Waals surface area contributed by atoms with E-state index in [9.17, 15) is 24.4 Å². The zero-order valence-corrected chi connectivity index (χ0v) is 20.0. The van der Waals surface area contributed by atoms with E-state index < -0.39 is 35.8 Å². The molecule has 0 atom stereocenters. The number of fused-ring (bicyclic) bond motifs is 1. The minimum Gasteiger partial charge on any atom is -0.493 e. The van der Waals surface area contributed by atoms with Gasteiger partial charge >= 0.3 is 5.97 Å². The Morgan fingerprint density at radius 2 is 1.72 bits per heavy atom. The molecule has 1 heterocycles. The third-order valence-electron chi connectivity index (χ3n) is 6.42. The third-order valence-corrected chi connectivity index (χ3v) is 6.42. The summed E-state index contributed by atoms with van der Waals surface area (Å²) in [5.41, 5.74) is 0.352. The van der Waals surface area contributed by atoms with Crippen molar-refractivity contribution in [3.63, 3.8) is 0 Å². The highest BCUT2D eigenvalue weighted by Crippen LogP contribution is 2.28. The Labute approximate surface area is 209 Å². The number of ether oxygens (including phenoxy) is 2. The Balaban J connectivity index is 1.46. The summed E-state index contributed by atoms with van der Waals surface area (Å²) in [5, 5.41) is 12.3. The molecule has 9 nitrogen and oxygen atoms in total. The summed E-state index contributed by atoms with van der Waals surface area (Å²) < 4.78 is 10.8. The summed E-state index contributed by atoms with van der Waals surface area (Å²) in [6.07, 6.45) is 3.86. The molecule has 2 aromatic carbocycles. The van der Waals surface area contributed by atoms with Gasteiger partial charge in [0, 0.05) is 0 Å². The molecule has 0 spiro atoms. The minimum absolute atomic E-state index is 0.0375. The largest absolute Gasteiger partial charge is 0.493 e. The molecule has 4 rings (SSSR count). The van der Waals surface area contributed by atoms with Crippen LogP contribution in [0.3, 0.4) is 0 Å². The zero-order chi connectivity index (χ0) is 25.7. The van der Waals surface area contributed by atoms with Gasteiger partial charge in [-0.2, -0.15) is 5.26 Å². The average molecular weight is 490 g/mol. The van der Waals surface area contributed by atoms with Gasteiger partial charge in [-0.3, -0.25) is 19.3 Å². The summed E-state index contributed by atoms with van der Waals surface area (Å²) in [6.45, 7) is 1.48. The Morgan fingerprint density at radius 1 is 1.06 bits per heavy atom. The normalized spacial score (nSPS) is 16.2. The number of hydrogen-bond acceptors (Lipinski definition) is 7. The molecule has 0 bridgehead atoms. The smallest absolute Gasteiger partial charge is 0.342 e. The molecule has 36 heavy (non-hydrogen) atoms. The number of nitrogens with zero attached hydrogens (tertiary/aromatic N) is 2. The van der Waals surface area contributed by atoms with Crippen molar-refractivity contribution in [2.45, 2.75) is 51.1 Å². The summed E-state index contributed by atoms with van der Waals surface area (Å²) in [4.78, 5) is 51.9. The van der Waals surface area contributed by atoms with Gasteiger partial charge in [-0.1, -0.05) is 37.5 Å². The van der Waals surface area contributed by atoms with Crippen LogP contribution in [0.5, 0.6) is 5.75 Å². The molecule has 0 radical (unpaired) electrons. The number of imide groups is 1. The van der Waals surface area contributed by atoms with E-state index in [4.69, 9.17) is 9.47 Å². The molecule has 1 saturated carbocycles. The van der Waals surface area contributed by atoms with Gasteiger partial charge in [0.2, 0.25) is 0 Å². The lowest BCUT2D eigenvalue weighted by molar-refractivity contribution is -0.125. The lowest BCUT2D eigenvalue weighted by Gasteiger charge is -2.31. The number of nitrogens with one attached hydrogen (secondary N) is 1. The van der Waals surface area contributed by atoms with Crippen molar-refractivity contribution in [1.29, 1.82) is 5.26 Å². The number of hydrogen-bond donors (Lipinski definition) is 1. The van der Waals surface area contributed by atoms with E-state index >= 15 is 0 Å². The summed E-state index contributed by atoms with van der Waals surface area (Å²) >= 11 is 0. The number of esters is 1. The number of nitriles is 1. The average Bonchev–Trinajstić information content (AvgIpc) is 3.13. The number of carbonyl (C=O) groups excluding carboxylic acids is 4. The summed E-state index contributed by atoms with van der Waals surface area (Å²) in [5.74, 6) is -1.88. The molecule has 0 aromatic heterocycles. The van der Waals surface area contributed by atoms with E-state index in [1.54, 1.807) is 43.3 Å². The van der Waals surface area contributed by atoms with E-state index in [-0.39, 0.29) is 17.9 Å². The fourth-order valence-corrected chi connectivity index (χ4v) is 4.61. The molecule has 0 unspecified atom stereocenters. The van der Waals surface area contributed by atoms with Crippen LogP contribution in [0.1, 0.15) is 75.7 Å². The van der Waals surface area contributed by atoms with Gasteiger partial charge < -0.3 is 14.8 Å². The fraction of sp³-hybridized carbons (Fsp3) is 0.370. The van der Waals surface area contributed by atoms with Gasteiger partial charge in [-0.05, 0) is 49.6 Å². The van der Waals surface area contributed by atoms with Crippen molar-refractivity contribution in [2.24, 2.45) is 0 Å². The lowest BCUT2D eigenvalue weighted by atomic mass is 9.83. The van der Waals surface area contributed by atoms with Crippen molar-refractivity contribution < 1.29 is 28.7 Å². The second kappa shape index (κ2) is 10.6. The van der Waals surface area contributed by atoms with E-state index in [0.29, 0.717) is 36.1 Å². The monoisotopic (exact) mass is 489 g/mol. The van der Waals surface area contributed by atoms with Crippen LogP contribution in [-0.2, 0) is 16.1 Å². The van der Waals surface area contributed by atoms with Crippen LogP contribution in [0.2, 0.25) is 0 Å². The maximum absolute atomic E-state index is 12.9. The highest BCUT2D eigenvalue weighted by Gasteiger charge is 2.36. The van der Waals surface area contributed by atoms with Crippen LogP contribution in [-0.4, -0.2) is 47.3 Å². The van der Waals surface area contributed by atoms with Gasteiger partial charge in [-0.15, -0.1) is 0 Å². The fourth-order valence-electron chi connectivity index (χ4n) is 4.61. The molecule has 186 valence electrons. The van der Waals surface area contributed by atoms with Crippen molar-refractivity contribution in [3.05, 3.63) is 64.7 Å². The van der Waals surface area contributed by atoms with E-state index in [1.807, 2.05) is 0 Å². The molecular weight excluding hydrogens is 462 g/mol. The molecule has 0 saturated heterocycles. The van der Waals surface area contributed by atoms with Crippen LogP contribution >= 0.6 is 0 Å². The first-order valence-corrected chi connectivity index (χ1v) is 12.0. The summed E-state index contributed by atoms with van der Waals surface area (Å²) in [6, 6.07) is 13.5. The molecular formula is C27H27N3O6. The molecule has 1 aliphatic heterocycles. The van der Waals surface area contributed by atoms with Crippen molar-refractivity contribution in [2.75, 3.05) is 13.2 Å². The first-order chi connectivity index (χ1) is 17.4. The van der Waals surface area contributed by atoms with Gasteiger partial charge in [0.15, 0.2) is 6.61 Å². The predicted molar refractivity (Wildman–Crippen MR) is 128 cm³/mol. The molecule has 1 fully saturated rings. The van der Waals surface area contributed by atoms with Gasteiger partial charge in [0.1, 0.15) is 16.9 Å². The predicted octanol–water partition coefficient (Wildman–Crippen LogP) is 3.38. The van der Waals surface area contributed by atoms with Crippen LogP contribution < -0.4 is 10.1 Å². The Kier molecular flexibility index (Phi) is 7.34. The Hall–Kier alpha value is -4.19. The van der Waals surface area contributed by atoms with E-state index in [1.165, 1.54) is 6.07 Å². The third kappa shape index (κ3) is 5.08. The summed E-state index contributed by atoms with van der Waals surface area (Å²) in [7, 11) is 0. The van der Waals surface area contributed by atoms with Gasteiger partial charge in [0.25, 0.3) is 17.7 Å². The standard InChI is InChI=1S/C27H27N3O6/c1-2-35-22-11-10-18(15-30-24(32)19-8-4-5-9-20(19)25(30)33)14-21(22)26(34)36-16-23(31)29-27(17-28)12-6-3-7-13-27/h4-5,8-11,14H,2-3,6-7,12-13,15-16H2,1H3,(H,29,31). The highest BCUT2D eigenvalue weighted by molar-refractivity contribution is 6.21. The van der Waals surface area contributed by atoms with Crippen LogP contribution in [0, 0.1) is 11.3 Å². The van der Waals surface area contributed by atoms with E-state index in [2.05, 4.69) is 11.4 Å². The molecule has 1 N–H and O–H groups in total. The first kappa shape index (κ1) is 24.9. The Bertz CT molecular complexity index is 1210. The zero-order valence-electron chi connectivity index (χ0n) is 20.0.